The molecule has 0 bridgehead atoms. The largest absolute Gasteiger partial charge is 0.326 e. The van der Waals surface area contributed by atoms with Crippen molar-refractivity contribution in [2.45, 2.75) is 26.7 Å². The fourth-order valence-electron chi connectivity index (χ4n) is 2.55. The topological polar surface area (TPSA) is 63.2 Å². The zero-order valence-corrected chi connectivity index (χ0v) is 12.1. The third-order valence-electron chi connectivity index (χ3n) is 3.31. The van der Waals surface area contributed by atoms with Crippen molar-refractivity contribution in [1.82, 2.24) is 0 Å². The first-order chi connectivity index (χ1) is 8.84. The average molecular weight is 281 g/mol. The third-order valence-corrected chi connectivity index (χ3v) is 5.14. The third kappa shape index (κ3) is 4.06. The van der Waals surface area contributed by atoms with Gasteiger partial charge in [0.2, 0.25) is 5.91 Å². The molecule has 104 valence electrons. The van der Waals surface area contributed by atoms with E-state index in [1.54, 1.807) is 0 Å². The van der Waals surface area contributed by atoms with Crippen LogP contribution in [0.15, 0.2) is 18.2 Å². The van der Waals surface area contributed by atoms with E-state index in [4.69, 9.17) is 0 Å². The molecule has 1 atom stereocenters. The molecule has 1 aromatic carbocycles. The number of carbonyl (C=O) groups is 1. The molecular weight excluding hydrogens is 262 g/mol. The molecular formula is C14H19NO3S. The lowest BCUT2D eigenvalue weighted by atomic mass is 10.0. The summed E-state index contributed by atoms with van der Waals surface area (Å²) in [5.41, 5.74) is 2.97. The number of hydrogen-bond donors (Lipinski definition) is 1. The number of anilines is 1. The van der Waals surface area contributed by atoms with Crippen molar-refractivity contribution in [1.29, 1.82) is 0 Å². The summed E-state index contributed by atoms with van der Waals surface area (Å²) in [5, 5.41) is 2.84. The molecule has 1 aliphatic rings. The quantitative estimate of drug-likeness (QED) is 0.922. The molecule has 1 aliphatic heterocycles. The van der Waals surface area contributed by atoms with E-state index in [0.717, 1.165) is 16.8 Å². The number of rotatable bonds is 3. The lowest BCUT2D eigenvalue weighted by Crippen LogP contribution is -2.17. The summed E-state index contributed by atoms with van der Waals surface area (Å²) in [7, 11) is -2.91. The fraction of sp³-hybridized carbons (Fsp3) is 0.500. The van der Waals surface area contributed by atoms with Crippen molar-refractivity contribution in [3.63, 3.8) is 0 Å². The maximum atomic E-state index is 11.9. The van der Waals surface area contributed by atoms with E-state index in [9.17, 15) is 13.2 Å². The number of hydrogen-bond acceptors (Lipinski definition) is 3. The number of nitrogens with one attached hydrogen (secondary N) is 1. The molecule has 1 heterocycles. The van der Waals surface area contributed by atoms with Crippen LogP contribution in [0.4, 0.5) is 5.69 Å². The van der Waals surface area contributed by atoms with Gasteiger partial charge in [-0.25, -0.2) is 8.42 Å². The van der Waals surface area contributed by atoms with Crippen LogP contribution in [0, 0.1) is 19.8 Å². The van der Waals surface area contributed by atoms with Crippen LogP contribution in [0.3, 0.4) is 0 Å². The van der Waals surface area contributed by atoms with Crippen LogP contribution < -0.4 is 5.32 Å². The molecule has 1 amide bonds. The molecule has 0 aliphatic carbocycles. The Morgan fingerprint density at radius 2 is 1.89 bits per heavy atom. The van der Waals surface area contributed by atoms with Gasteiger partial charge in [0.25, 0.3) is 0 Å². The average Bonchev–Trinajstić information content (AvgIpc) is 2.55. The summed E-state index contributed by atoms with van der Waals surface area (Å²) in [6.45, 7) is 3.96. The maximum absolute atomic E-state index is 11.9. The molecule has 19 heavy (non-hydrogen) atoms. The molecule has 0 spiro atoms. The zero-order chi connectivity index (χ0) is 14.0. The number of aryl methyl sites for hydroxylation is 2. The van der Waals surface area contributed by atoms with E-state index in [1.165, 1.54) is 0 Å². The SMILES string of the molecule is Cc1cc(C)cc(NC(=O)C[C@@H]2CCS(=O)(=O)C2)c1. The van der Waals surface area contributed by atoms with Crippen molar-refractivity contribution in [2.24, 2.45) is 5.92 Å². The summed E-state index contributed by atoms with van der Waals surface area (Å²) >= 11 is 0. The van der Waals surface area contributed by atoms with Crippen molar-refractivity contribution < 1.29 is 13.2 Å². The second-order valence-corrected chi connectivity index (χ2v) is 7.63. The van der Waals surface area contributed by atoms with Gasteiger partial charge >= 0.3 is 0 Å². The summed E-state index contributed by atoms with van der Waals surface area (Å²) < 4.78 is 22.7. The minimum Gasteiger partial charge on any atom is -0.326 e. The zero-order valence-electron chi connectivity index (χ0n) is 11.3. The molecule has 1 fully saturated rings. The highest BCUT2D eigenvalue weighted by molar-refractivity contribution is 7.91. The fourth-order valence-corrected chi connectivity index (χ4v) is 4.42. The Morgan fingerprint density at radius 1 is 1.26 bits per heavy atom. The highest BCUT2D eigenvalue weighted by atomic mass is 32.2. The van der Waals surface area contributed by atoms with Crippen LogP contribution in [0.25, 0.3) is 0 Å². The van der Waals surface area contributed by atoms with Crippen LogP contribution in [0.5, 0.6) is 0 Å². The Labute approximate surface area is 114 Å². The Balaban J connectivity index is 1.95. The molecule has 2 rings (SSSR count). The minimum atomic E-state index is -2.91. The van der Waals surface area contributed by atoms with Crippen LogP contribution in [-0.2, 0) is 14.6 Å². The van der Waals surface area contributed by atoms with Crippen LogP contribution >= 0.6 is 0 Å². The molecule has 1 N–H and O–H groups in total. The number of sulfone groups is 1. The molecule has 0 aromatic heterocycles. The van der Waals surface area contributed by atoms with E-state index in [0.29, 0.717) is 6.42 Å². The van der Waals surface area contributed by atoms with E-state index >= 15 is 0 Å². The van der Waals surface area contributed by atoms with E-state index in [2.05, 4.69) is 5.32 Å². The Kier molecular flexibility index (Phi) is 3.94. The van der Waals surface area contributed by atoms with Crippen LogP contribution in [0.2, 0.25) is 0 Å². The van der Waals surface area contributed by atoms with Crippen molar-refractivity contribution in [2.75, 3.05) is 16.8 Å². The summed E-state index contributed by atoms with van der Waals surface area (Å²) in [4.78, 5) is 11.9. The van der Waals surface area contributed by atoms with Gasteiger partial charge < -0.3 is 5.32 Å². The first-order valence-electron chi connectivity index (χ1n) is 6.43. The molecule has 0 saturated carbocycles. The van der Waals surface area contributed by atoms with Gasteiger partial charge in [-0.2, -0.15) is 0 Å². The Morgan fingerprint density at radius 3 is 2.42 bits per heavy atom. The van der Waals surface area contributed by atoms with E-state index in [1.807, 2.05) is 32.0 Å². The van der Waals surface area contributed by atoms with Crippen molar-refractivity contribution in [3.8, 4) is 0 Å². The van der Waals surface area contributed by atoms with Gasteiger partial charge in [-0.15, -0.1) is 0 Å². The predicted octanol–water partition coefficient (Wildman–Crippen LogP) is 2.07. The van der Waals surface area contributed by atoms with Gasteiger partial charge in [0.05, 0.1) is 11.5 Å². The second-order valence-electron chi connectivity index (χ2n) is 5.40. The highest BCUT2D eigenvalue weighted by Gasteiger charge is 2.29. The van der Waals surface area contributed by atoms with E-state index in [-0.39, 0.29) is 29.8 Å². The van der Waals surface area contributed by atoms with Gasteiger partial charge in [0, 0.05) is 12.1 Å². The summed E-state index contributed by atoms with van der Waals surface area (Å²) in [6, 6.07) is 5.87. The minimum absolute atomic E-state index is 0.0316. The summed E-state index contributed by atoms with van der Waals surface area (Å²) in [6.07, 6.45) is 0.884. The molecule has 5 heteroatoms. The van der Waals surface area contributed by atoms with Gasteiger partial charge in [0.15, 0.2) is 9.84 Å². The van der Waals surface area contributed by atoms with Crippen molar-refractivity contribution in [3.05, 3.63) is 29.3 Å². The van der Waals surface area contributed by atoms with E-state index < -0.39 is 9.84 Å². The lowest BCUT2D eigenvalue weighted by molar-refractivity contribution is -0.116. The normalized spacial score (nSPS) is 21.3. The first-order valence-corrected chi connectivity index (χ1v) is 8.25. The standard InChI is InChI=1S/C14H19NO3S/c1-10-5-11(2)7-13(6-10)15-14(16)8-12-3-4-19(17,18)9-12/h5-7,12H,3-4,8-9H2,1-2H3,(H,15,16)/t12-/m0/s1. The lowest BCUT2D eigenvalue weighted by Gasteiger charge is -2.10. The molecule has 0 unspecified atom stereocenters. The first kappa shape index (κ1) is 14.1. The molecule has 4 nitrogen and oxygen atoms in total. The molecule has 0 radical (unpaired) electrons. The van der Waals surface area contributed by atoms with Crippen molar-refractivity contribution >= 4 is 21.4 Å². The number of amides is 1. The van der Waals surface area contributed by atoms with Gasteiger partial charge in [-0.3, -0.25) is 4.79 Å². The smallest absolute Gasteiger partial charge is 0.224 e. The molecule has 1 aromatic rings. The Bertz CT molecular complexity index is 572. The number of benzene rings is 1. The summed E-state index contributed by atoms with van der Waals surface area (Å²) in [5.74, 6) is 0.227. The Hall–Kier alpha value is -1.36. The monoisotopic (exact) mass is 281 g/mol. The molecule has 1 saturated heterocycles. The van der Waals surface area contributed by atoms with Gasteiger partial charge in [-0.05, 0) is 49.4 Å². The van der Waals surface area contributed by atoms with Gasteiger partial charge in [-0.1, -0.05) is 6.07 Å². The van der Waals surface area contributed by atoms with Gasteiger partial charge in [0.1, 0.15) is 0 Å². The maximum Gasteiger partial charge on any atom is 0.224 e. The predicted molar refractivity (Wildman–Crippen MR) is 75.9 cm³/mol. The highest BCUT2D eigenvalue weighted by Crippen LogP contribution is 2.22. The second kappa shape index (κ2) is 5.33. The van der Waals surface area contributed by atoms with Crippen LogP contribution in [-0.4, -0.2) is 25.8 Å². The van der Waals surface area contributed by atoms with Crippen LogP contribution in [0.1, 0.15) is 24.0 Å². The number of carbonyl (C=O) groups excluding carboxylic acids is 1.